The molecular weight excluding hydrogens is 592 g/mol. The van der Waals surface area contributed by atoms with E-state index in [1.54, 1.807) is 12.2 Å². The van der Waals surface area contributed by atoms with Gasteiger partial charge in [-0.1, -0.05) is 79.4 Å². The summed E-state index contributed by atoms with van der Waals surface area (Å²) in [5, 5.41) is 12.2. The van der Waals surface area contributed by atoms with Gasteiger partial charge in [0.25, 0.3) is 0 Å². The smallest absolute Gasteiger partial charge is 0.111 e. The van der Waals surface area contributed by atoms with E-state index in [0.717, 1.165) is 61.1 Å². The molecule has 3 aromatic carbocycles. The Morgan fingerprint density at radius 3 is 1.73 bits per heavy atom. The molecule has 4 aromatic rings. The summed E-state index contributed by atoms with van der Waals surface area (Å²) in [6.07, 6.45) is 23.6. The molecule has 0 bridgehead atoms. The fourth-order valence-electron chi connectivity index (χ4n) is 6.43. The highest BCUT2D eigenvalue weighted by Gasteiger charge is 2.35. The zero-order valence-electron chi connectivity index (χ0n) is 27.6. The molecule has 7 N–H and O–H groups in total. The maximum atomic E-state index is 7.93. The lowest BCUT2D eigenvalue weighted by Gasteiger charge is -2.39. The third-order valence-corrected chi connectivity index (χ3v) is 8.45. The minimum atomic E-state index is -0.282. The summed E-state index contributed by atoms with van der Waals surface area (Å²) in [6.45, 7) is 10.00. The molecular formula is C40H42N8. The van der Waals surface area contributed by atoms with Crippen LogP contribution in [0.15, 0.2) is 151 Å². The normalized spacial score (nSPS) is 16.3. The molecule has 0 saturated heterocycles. The predicted octanol–water partition coefficient (Wildman–Crippen LogP) is 8.17. The maximum absolute atomic E-state index is 7.93. The van der Waals surface area contributed by atoms with Crippen LogP contribution in [0.3, 0.4) is 0 Å². The molecule has 0 amide bonds. The Labute approximate surface area is 282 Å². The summed E-state index contributed by atoms with van der Waals surface area (Å²) >= 11 is 0. The maximum Gasteiger partial charge on any atom is 0.111 e. The standard InChI is InChI=1S/C40H42N8/c1-5-27(19-23-41)47(28(6-2)20-24-42)35-17-18-36(48(29(7-3)21-25-43)30(8-4)22-26-44)40-39(35)45-37-33-15-11-9-13-31(33)32-14-10-12-16-34(32)38(37)46-40/h5-17,19-26,36,41H,1,18,42-44H2,2-4H3/b24-20-,25-21-,26-22-,27-19+,28-6+,29-7+,30-8+,41-23?. The largest absolute Gasteiger partial charge is 0.405 e. The number of nitrogens with one attached hydrogen (secondary N) is 1. The highest BCUT2D eigenvalue weighted by atomic mass is 15.2. The van der Waals surface area contributed by atoms with Crippen molar-refractivity contribution in [1.82, 2.24) is 19.8 Å². The first-order valence-corrected chi connectivity index (χ1v) is 15.9. The molecule has 48 heavy (non-hydrogen) atoms. The first-order valence-electron chi connectivity index (χ1n) is 15.9. The lowest BCUT2D eigenvalue weighted by Crippen LogP contribution is -2.32. The molecule has 1 heterocycles. The summed E-state index contributed by atoms with van der Waals surface area (Å²) in [6, 6.07) is 16.4. The third kappa shape index (κ3) is 5.91. The van der Waals surface area contributed by atoms with E-state index in [0.29, 0.717) is 17.8 Å². The van der Waals surface area contributed by atoms with E-state index in [2.05, 4.69) is 54.0 Å². The second kappa shape index (κ2) is 15.0. The monoisotopic (exact) mass is 634 g/mol. The summed E-state index contributed by atoms with van der Waals surface area (Å²) in [4.78, 5) is 15.3. The lowest BCUT2D eigenvalue weighted by molar-refractivity contribution is 0.325. The number of hydrogen-bond acceptors (Lipinski definition) is 8. The van der Waals surface area contributed by atoms with Gasteiger partial charge in [0.15, 0.2) is 0 Å². The van der Waals surface area contributed by atoms with Gasteiger partial charge in [0.05, 0.1) is 28.5 Å². The van der Waals surface area contributed by atoms with Gasteiger partial charge in [0.1, 0.15) is 5.69 Å². The van der Waals surface area contributed by atoms with Gasteiger partial charge in [0, 0.05) is 39.8 Å². The Kier molecular flexibility index (Phi) is 10.4. The van der Waals surface area contributed by atoms with Crippen LogP contribution in [0, 0.1) is 5.41 Å². The van der Waals surface area contributed by atoms with Crippen LogP contribution in [0.5, 0.6) is 0 Å². The minimum absolute atomic E-state index is 0.282. The predicted molar refractivity (Wildman–Crippen MR) is 202 cm³/mol. The van der Waals surface area contributed by atoms with Crippen molar-refractivity contribution in [2.24, 2.45) is 17.2 Å². The van der Waals surface area contributed by atoms with Crippen molar-refractivity contribution in [2.45, 2.75) is 33.2 Å². The van der Waals surface area contributed by atoms with Crippen molar-refractivity contribution in [2.75, 3.05) is 0 Å². The van der Waals surface area contributed by atoms with Crippen LogP contribution in [-0.2, 0) is 0 Å². The Morgan fingerprint density at radius 2 is 1.25 bits per heavy atom. The van der Waals surface area contributed by atoms with E-state index in [9.17, 15) is 0 Å². The summed E-state index contributed by atoms with van der Waals surface area (Å²) in [7, 11) is 0. The van der Waals surface area contributed by atoms with Crippen LogP contribution in [0.2, 0.25) is 0 Å². The quantitative estimate of drug-likeness (QED) is 0.0743. The van der Waals surface area contributed by atoms with Crippen molar-refractivity contribution in [3.05, 3.63) is 163 Å². The SMILES string of the molecule is C=C/C(=C\C=N)N(C1=CCC(N(C(/C=C\N)=C/C)C(/C=C\N)=C/C)c2nc3c4ccccc4c4ccccc4c3nc21)C(/C=C\N)=C/C. The van der Waals surface area contributed by atoms with E-state index in [-0.39, 0.29) is 6.04 Å². The van der Waals surface area contributed by atoms with E-state index >= 15 is 0 Å². The molecule has 1 unspecified atom stereocenters. The van der Waals surface area contributed by atoms with Gasteiger partial charge >= 0.3 is 0 Å². The second-order valence-electron chi connectivity index (χ2n) is 11.0. The molecule has 242 valence electrons. The van der Waals surface area contributed by atoms with Gasteiger partial charge in [0.2, 0.25) is 0 Å². The van der Waals surface area contributed by atoms with Crippen LogP contribution in [0.4, 0.5) is 0 Å². The highest BCUT2D eigenvalue weighted by molar-refractivity contribution is 6.23. The average molecular weight is 635 g/mol. The Bertz CT molecular complexity index is 2100. The third-order valence-electron chi connectivity index (χ3n) is 8.45. The summed E-state index contributed by atoms with van der Waals surface area (Å²) < 4.78 is 0. The zero-order chi connectivity index (χ0) is 34.2. The second-order valence-corrected chi connectivity index (χ2v) is 11.0. The number of aromatic nitrogens is 2. The lowest BCUT2D eigenvalue weighted by atomic mass is 9.93. The van der Waals surface area contributed by atoms with Gasteiger partial charge in [-0.2, -0.15) is 0 Å². The molecule has 0 aliphatic heterocycles. The van der Waals surface area contributed by atoms with Crippen molar-refractivity contribution in [3.8, 4) is 0 Å². The first-order chi connectivity index (χ1) is 23.5. The minimum Gasteiger partial charge on any atom is -0.405 e. The van der Waals surface area contributed by atoms with Crippen molar-refractivity contribution in [3.63, 3.8) is 0 Å². The van der Waals surface area contributed by atoms with Gasteiger partial charge in [-0.25, -0.2) is 9.97 Å². The van der Waals surface area contributed by atoms with E-state index in [1.807, 2.05) is 74.3 Å². The van der Waals surface area contributed by atoms with Crippen molar-refractivity contribution >= 4 is 44.5 Å². The van der Waals surface area contributed by atoms with E-state index < -0.39 is 0 Å². The number of hydrogen-bond donors (Lipinski definition) is 4. The van der Waals surface area contributed by atoms with Crippen molar-refractivity contribution in [1.29, 1.82) is 5.41 Å². The fourth-order valence-corrected chi connectivity index (χ4v) is 6.43. The molecule has 1 aliphatic rings. The van der Waals surface area contributed by atoms with Gasteiger partial charge in [-0.3, -0.25) is 0 Å². The molecule has 0 radical (unpaired) electrons. The van der Waals surface area contributed by atoms with Crippen LogP contribution < -0.4 is 17.2 Å². The number of rotatable bonds is 11. The molecule has 1 aliphatic carbocycles. The Morgan fingerprint density at radius 1 is 0.750 bits per heavy atom. The van der Waals surface area contributed by atoms with E-state index in [1.165, 1.54) is 24.8 Å². The highest BCUT2D eigenvalue weighted by Crippen LogP contribution is 2.44. The van der Waals surface area contributed by atoms with Crippen LogP contribution in [-0.4, -0.2) is 26.0 Å². The molecule has 1 aromatic heterocycles. The molecule has 0 saturated carbocycles. The Balaban J connectivity index is 1.96. The number of nitrogens with two attached hydrogens (primary N) is 3. The summed E-state index contributed by atoms with van der Waals surface area (Å²) in [5.41, 5.74) is 25.1. The Hall–Kier alpha value is -6.15. The number of allylic oxidation sites excluding steroid dienone is 8. The molecule has 1 atom stereocenters. The average Bonchev–Trinajstić information content (AvgIpc) is 3.13. The molecule has 8 nitrogen and oxygen atoms in total. The van der Waals surface area contributed by atoms with Crippen molar-refractivity contribution < 1.29 is 0 Å². The van der Waals surface area contributed by atoms with Gasteiger partial charge < -0.3 is 32.4 Å². The fraction of sp³-hybridized carbons (Fsp3) is 0.125. The number of benzene rings is 3. The van der Waals surface area contributed by atoms with Crippen LogP contribution in [0.1, 0.15) is 44.6 Å². The van der Waals surface area contributed by atoms with Crippen LogP contribution in [0.25, 0.3) is 38.3 Å². The molecule has 5 rings (SSSR count). The topological polar surface area (TPSA) is 134 Å². The number of fused-ring (bicyclic) bond motifs is 7. The molecule has 0 fully saturated rings. The van der Waals surface area contributed by atoms with Gasteiger partial charge in [-0.15, -0.1) is 0 Å². The van der Waals surface area contributed by atoms with Crippen LogP contribution >= 0.6 is 0 Å². The van der Waals surface area contributed by atoms with Gasteiger partial charge in [-0.05, 0) is 86.9 Å². The van der Waals surface area contributed by atoms with E-state index in [4.69, 9.17) is 32.6 Å². The molecule has 0 spiro atoms. The first kappa shape index (κ1) is 33.2. The molecule has 8 heteroatoms. The zero-order valence-corrected chi connectivity index (χ0v) is 27.6. The summed E-state index contributed by atoms with van der Waals surface area (Å²) in [5.74, 6) is 0. The number of nitrogens with zero attached hydrogens (tertiary/aromatic N) is 4.